The predicted octanol–water partition coefficient (Wildman–Crippen LogP) is 2.76. The van der Waals surface area contributed by atoms with E-state index in [-0.39, 0.29) is 16.3 Å². The number of anilines is 1. The molecule has 0 atom stereocenters. The molecule has 0 saturated heterocycles. The second kappa shape index (κ2) is 9.44. The van der Waals surface area contributed by atoms with E-state index in [1.807, 2.05) is 0 Å². The minimum atomic E-state index is -4.41. The van der Waals surface area contributed by atoms with Crippen LogP contribution in [0.25, 0.3) is 0 Å². The lowest BCUT2D eigenvalue weighted by molar-refractivity contribution is -0.385. The Kier molecular flexibility index (Phi) is 7.22. The van der Waals surface area contributed by atoms with E-state index in [0.717, 1.165) is 10.4 Å². The van der Waals surface area contributed by atoms with Gasteiger partial charge in [0.2, 0.25) is 0 Å². The lowest BCUT2D eigenvalue weighted by Crippen LogP contribution is -2.37. The second-order valence-corrected chi connectivity index (χ2v) is 8.20. The molecule has 0 radical (unpaired) electrons. The molecule has 2 aromatic rings. The van der Waals surface area contributed by atoms with Gasteiger partial charge in [-0.25, -0.2) is 8.42 Å². The third-order valence-electron chi connectivity index (χ3n) is 3.91. The SMILES string of the molecule is COc1ccc(OC)c(N(CC(=O)OC(C)C)S(=O)(=O)c2cccc([N+](=O)[O-])c2)c1. The molecule has 0 bridgehead atoms. The van der Waals surface area contributed by atoms with E-state index in [9.17, 15) is 23.3 Å². The molecule has 0 heterocycles. The van der Waals surface area contributed by atoms with Crippen molar-refractivity contribution in [2.24, 2.45) is 0 Å². The number of hydrogen-bond donors (Lipinski definition) is 0. The first kappa shape index (κ1) is 22.9. The largest absolute Gasteiger partial charge is 0.497 e. The van der Waals surface area contributed by atoms with Crippen LogP contribution in [0, 0.1) is 10.1 Å². The van der Waals surface area contributed by atoms with Gasteiger partial charge in [0, 0.05) is 18.2 Å². The van der Waals surface area contributed by atoms with Crippen LogP contribution in [0.2, 0.25) is 0 Å². The molecule has 0 aromatic heterocycles. The van der Waals surface area contributed by atoms with Crippen molar-refractivity contribution >= 4 is 27.4 Å². The molecule has 2 aromatic carbocycles. The molecule has 0 N–H and O–H groups in total. The Bertz CT molecular complexity index is 1040. The number of nitrogens with zero attached hydrogens (tertiary/aromatic N) is 2. The second-order valence-electron chi connectivity index (χ2n) is 6.34. The summed E-state index contributed by atoms with van der Waals surface area (Å²) in [5, 5.41) is 11.1. The zero-order chi connectivity index (χ0) is 22.5. The van der Waals surface area contributed by atoms with Gasteiger partial charge in [-0.15, -0.1) is 0 Å². The number of nitro groups is 1. The van der Waals surface area contributed by atoms with Gasteiger partial charge in [-0.2, -0.15) is 0 Å². The van der Waals surface area contributed by atoms with Crippen molar-refractivity contribution in [3.05, 3.63) is 52.6 Å². The number of carbonyl (C=O) groups is 1. The highest BCUT2D eigenvalue weighted by Gasteiger charge is 2.31. The summed E-state index contributed by atoms with van der Waals surface area (Å²) >= 11 is 0. The minimum absolute atomic E-state index is 0.0177. The summed E-state index contributed by atoms with van der Waals surface area (Å²) in [6, 6.07) is 8.97. The van der Waals surface area contributed by atoms with Crippen molar-refractivity contribution in [2.45, 2.75) is 24.8 Å². The van der Waals surface area contributed by atoms with Crippen LogP contribution in [0.1, 0.15) is 13.8 Å². The van der Waals surface area contributed by atoms with E-state index in [4.69, 9.17) is 14.2 Å². The maximum atomic E-state index is 13.4. The highest BCUT2D eigenvalue weighted by molar-refractivity contribution is 7.92. The van der Waals surface area contributed by atoms with Crippen LogP contribution >= 0.6 is 0 Å². The van der Waals surface area contributed by atoms with Crippen molar-refractivity contribution in [2.75, 3.05) is 25.1 Å². The fourth-order valence-corrected chi connectivity index (χ4v) is 4.05. The van der Waals surface area contributed by atoms with Crippen molar-refractivity contribution in [1.29, 1.82) is 0 Å². The number of ether oxygens (including phenoxy) is 3. The zero-order valence-electron chi connectivity index (χ0n) is 16.9. The number of hydrogen-bond acceptors (Lipinski definition) is 8. The Morgan fingerprint density at radius 1 is 1.13 bits per heavy atom. The maximum absolute atomic E-state index is 13.4. The molecule has 0 unspecified atom stereocenters. The first-order chi connectivity index (χ1) is 14.1. The summed E-state index contributed by atoms with van der Waals surface area (Å²) < 4.78 is 43.1. The number of carbonyl (C=O) groups excluding carboxylic acids is 1. The Hall–Kier alpha value is -3.34. The van der Waals surface area contributed by atoms with Crippen LogP contribution in [-0.4, -0.2) is 46.2 Å². The average Bonchev–Trinajstić information content (AvgIpc) is 2.71. The maximum Gasteiger partial charge on any atom is 0.327 e. The van der Waals surface area contributed by atoms with Crippen LogP contribution in [0.5, 0.6) is 11.5 Å². The van der Waals surface area contributed by atoms with Crippen molar-refractivity contribution in [1.82, 2.24) is 0 Å². The Labute approximate surface area is 174 Å². The number of rotatable bonds is 9. The summed E-state index contributed by atoms with van der Waals surface area (Å²) in [6.45, 7) is 2.58. The van der Waals surface area contributed by atoms with Gasteiger partial charge in [0.15, 0.2) is 0 Å². The van der Waals surface area contributed by atoms with Gasteiger partial charge in [0.05, 0.1) is 35.8 Å². The summed E-state index contributed by atoms with van der Waals surface area (Å²) in [6.07, 6.45) is -0.466. The summed E-state index contributed by atoms with van der Waals surface area (Å²) in [5.74, 6) is -0.326. The first-order valence-electron chi connectivity index (χ1n) is 8.78. The molecule has 0 amide bonds. The molecule has 0 aliphatic rings. The van der Waals surface area contributed by atoms with Gasteiger partial charge in [-0.05, 0) is 32.0 Å². The molecule has 0 spiro atoms. The number of esters is 1. The monoisotopic (exact) mass is 438 g/mol. The van der Waals surface area contributed by atoms with Gasteiger partial charge < -0.3 is 14.2 Å². The highest BCUT2D eigenvalue weighted by Crippen LogP contribution is 2.36. The van der Waals surface area contributed by atoms with E-state index in [1.54, 1.807) is 19.9 Å². The average molecular weight is 438 g/mol. The summed E-state index contributed by atoms with van der Waals surface area (Å²) in [7, 11) is -1.66. The summed E-state index contributed by atoms with van der Waals surface area (Å²) in [5.41, 5.74) is -0.387. The van der Waals surface area contributed by atoms with E-state index >= 15 is 0 Å². The molecule has 2 rings (SSSR count). The fraction of sp³-hybridized carbons (Fsp3) is 0.316. The van der Waals surface area contributed by atoms with Crippen LogP contribution in [0.3, 0.4) is 0 Å². The lowest BCUT2D eigenvalue weighted by atomic mass is 10.2. The fourth-order valence-electron chi connectivity index (χ4n) is 2.59. The smallest absolute Gasteiger partial charge is 0.327 e. The molecular formula is C19H22N2O8S. The molecule has 0 aliphatic carbocycles. The quantitative estimate of drug-likeness (QED) is 0.332. The van der Waals surface area contributed by atoms with Crippen LogP contribution < -0.4 is 13.8 Å². The van der Waals surface area contributed by atoms with Gasteiger partial charge in [0.1, 0.15) is 18.0 Å². The number of benzene rings is 2. The molecule has 0 aliphatic heterocycles. The Morgan fingerprint density at radius 2 is 1.83 bits per heavy atom. The molecule has 11 heteroatoms. The minimum Gasteiger partial charge on any atom is -0.497 e. The lowest BCUT2D eigenvalue weighted by Gasteiger charge is -2.26. The van der Waals surface area contributed by atoms with Gasteiger partial charge >= 0.3 is 5.97 Å². The van der Waals surface area contributed by atoms with E-state index in [1.165, 1.54) is 44.6 Å². The van der Waals surface area contributed by atoms with E-state index in [0.29, 0.717) is 5.75 Å². The van der Waals surface area contributed by atoms with Crippen LogP contribution in [0.15, 0.2) is 47.4 Å². The Morgan fingerprint density at radius 3 is 2.40 bits per heavy atom. The third-order valence-corrected chi connectivity index (χ3v) is 5.67. The molecule has 30 heavy (non-hydrogen) atoms. The van der Waals surface area contributed by atoms with Crippen molar-refractivity contribution in [3.63, 3.8) is 0 Å². The predicted molar refractivity (Wildman–Crippen MR) is 108 cm³/mol. The number of non-ortho nitro benzene ring substituents is 1. The van der Waals surface area contributed by atoms with Gasteiger partial charge in [0.25, 0.3) is 15.7 Å². The van der Waals surface area contributed by atoms with Crippen LogP contribution in [0.4, 0.5) is 11.4 Å². The number of sulfonamides is 1. The van der Waals surface area contributed by atoms with E-state index < -0.39 is 39.3 Å². The third kappa shape index (κ3) is 5.17. The van der Waals surface area contributed by atoms with Crippen LogP contribution in [-0.2, 0) is 19.6 Å². The van der Waals surface area contributed by atoms with Gasteiger partial charge in [-0.1, -0.05) is 6.07 Å². The normalized spacial score (nSPS) is 11.1. The molecule has 0 saturated carbocycles. The Balaban J connectivity index is 2.66. The summed E-state index contributed by atoms with van der Waals surface area (Å²) in [4.78, 5) is 22.4. The molecule has 162 valence electrons. The van der Waals surface area contributed by atoms with Gasteiger partial charge in [-0.3, -0.25) is 19.2 Å². The molecule has 10 nitrogen and oxygen atoms in total. The first-order valence-corrected chi connectivity index (χ1v) is 10.2. The number of methoxy groups -OCH3 is 2. The van der Waals surface area contributed by atoms with Crippen molar-refractivity contribution < 1.29 is 32.3 Å². The zero-order valence-corrected chi connectivity index (χ0v) is 17.7. The highest BCUT2D eigenvalue weighted by atomic mass is 32.2. The standard InChI is InChI=1S/C19H22N2O8S/c1-13(2)29-19(22)12-20(17-11-15(27-3)8-9-18(17)28-4)30(25,26)16-7-5-6-14(10-16)21(23)24/h5-11,13H,12H2,1-4H3. The van der Waals surface area contributed by atoms with Crippen molar-refractivity contribution in [3.8, 4) is 11.5 Å². The van der Waals surface area contributed by atoms with E-state index in [2.05, 4.69) is 0 Å². The molecule has 0 fully saturated rings. The molecular weight excluding hydrogens is 416 g/mol. The number of nitro benzene ring substituents is 1. The topological polar surface area (TPSA) is 125 Å².